The van der Waals surface area contributed by atoms with Gasteiger partial charge in [-0.05, 0) is 27.2 Å². The van der Waals surface area contributed by atoms with Crippen LogP contribution in [0.25, 0.3) is 0 Å². The van der Waals surface area contributed by atoms with Gasteiger partial charge < -0.3 is 9.47 Å². The molecule has 0 rings (SSSR count). The summed E-state index contributed by atoms with van der Waals surface area (Å²) in [6.45, 7) is 5.80. The van der Waals surface area contributed by atoms with Crippen LogP contribution in [0.4, 0.5) is 0 Å². The predicted octanol–water partition coefficient (Wildman–Crippen LogP) is 1.17. The Morgan fingerprint density at radius 2 is 1.88 bits per heavy atom. The van der Waals surface area contributed by atoms with E-state index >= 15 is 0 Å². The average molecular weight is 266 g/mol. The van der Waals surface area contributed by atoms with Crippen LogP contribution in [0.5, 0.6) is 0 Å². The van der Waals surface area contributed by atoms with Crippen LogP contribution in [-0.4, -0.2) is 45.2 Å². The van der Waals surface area contributed by atoms with Gasteiger partial charge in [0.2, 0.25) is 0 Å². The second-order valence-electron chi connectivity index (χ2n) is 4.20. The van der Waals surface area contributed by atoms with Crippen LogP contribution in [0.2, 0.25) is 0 Å². The van der Waals surface area contributed by atoms with Crippen molar-refractivity contribution in [3.63, 3.8) is 0 Å². The monoisotopic (exact) mass is 266 g/mol. The third-order valence-corrected chi connectivity index (χ3v) is 3.33. The van der Waals surface area contributed by atoms with E-state index in [1.807, 2.05) is 0 Å². The van der Waals surface area contributed by atoms with Gasteiger partial charge in [0.15, 0.2) is 9.84 Å². The third-order valence-electron chi connectivity index (χ3n) is 1.92. The molecule has 0 aromatic heterocycles. The van der Waals surface area contributed by atoms with Crippen molar-refractivity contribution in [1.82, 2.24) is 0 Å². The maximum Gasteiger partial charge on any atom is 0.174 e. The minimum Gasteiger partial charge on any atom is -0.381 e. The lowest BCUT2D eigenvalue weighted by molar-refractivity contribution is -0.118. The van der Waals surface area contributed by atoms with Crippen molar-refractivity contribution >= 4 is 15.6 Å². The van der Waals surface area contributed by atoms with Gasteiger partial charge in [-0.15, -0.1) is 0 Å². The Balaban J connectivity index is 3.56. The molecule has 0 saturated carbocycles. The van der Waals surface area contributed by atoms with Crippen molar-refractivity contribution in [2.75, 3.05) is 24.9 Å². The number of ketones is 1. The molecule has 0 spiro atoms. The van der Waals surface area contributed by atoms with Gasteiger partial charge in [0.1, 0.15) is 11.7 Å². The lowest BCUT2D eigenvalue weighted by Gasteiger charge is -2.08. The quantitative estimate of drug-likeness (QED) is 0.555. The highest BCUT2D eigenvalue weighted by Crippen LogP contribution is 1.99. The fraction of sp³-hybridized carbons (Fsp3) is 0.909. The smallest absolute Gasteiger partial charge is 0.174 e. The van der Waals surface area contributed by atoms with Crippen LogP contribution in [0.3, 0.4) is 0 Å². The van der Waals surface area contributed by atoms with E-state index in [0.717, 1.165) is 0 Å². The van der Waals surface area contributed by atoms with Crippen molar-refractivity contribution in [3.8, 4) is 0 Å². The molecule has 0 bridgehead atoms. The number of Topliss-reactive ketones (excluding diaryl/α,β-unsaturated/α-hetero) is 1. The van der Waals surface area contributed by atoms with Crippen LogP contribution in [0.1, 0.15) is 33.6 Å². The molecule has 5 nitrogen and oxygen atoms in total. The highest BCUT2D eigenvalue weighted by Gasteiger charge is 2.11. The molecule has 0 heterocycles. The number of carbonyl (C=O) groups excluding carboxylic acids is 1. The SMILES string of the molecule is CC(=O)CCOCCCS(=O)(=O)COC(C)C. The van der Waals surface area contributed by atoms with Gasteiger partial charge >= 0.3 is 0 Å². The van der Waals surface area contributed by atoms with Gasteiger partial charge in [-0.1, -0.05) is 0 Å². The molecule has 6 heteroatoms. The Kier molecular flexibility index (Phi) is 8.37. The first-order valence-corrected chi connectivity index (χ1v) is 7.55. The minimum atomic E-state index is -3.15. The van der Waals surface area contributed by atoms with Crippen molar-refractivity contribution in [3.05, 3.63) is 0 Å². The van der Waals surface area contributed by atoms with Crippen molar-refractivity contribution in [2.45, 2.75) is 39.7 Å². The van der Waals surface area contributed by atoms with E-state index in [-0.39, 0.29) is 23.6 Å². The highest BCUT2D eigenvalue weighted by atomic mass is 32.2. The van der Waals surface area contributed by atoms with E-state index in [4.69, 9.17) is 9.47 Å². The first-order valence-electron chi connectivity index (χ1n) is 5.72. The summed E-state index contributed by atoms with van der Waals surface area (Å²) in [5.41, 5.74) is 0. The minimum absolute atomic E-state index is 0.0553. The molecule has 0 radical (unpaired) electrons. The fourth-order valence-electron chi connectivity index (χ4n) is 0.998. The van der Waals surface area contributed by atoms with Gasteiger partial charge in [-0.2, -0.15) is 0 Å². The molecule has 0 aliphatic carbocycles. The molecule has 0 N–H and O–H groups in total. The third kappa shape index (κ3) is 11.8. The Labute approximate surface area is 103 Å². The van der Waals surface area contributed by atoms with Crippen LogP contribution in [-0.2, 0) is 24.1 Å². The van der Waals surface area contributed by atoms with Gasteiger partial charge in [-0.3, -0.25) is 4.79 Å². The average Bonchev–Trinajstić information content (AvgIpc) is 2.20. The molecular formula is C11H22O5S. The predicted molar refractivity (Wildman–Crippen MR) is 65.6 cm³/mol. The van der Waals surface area contributed by atoms with Crippen LogP contribution in [0.15, 0.2) is 0 Å². The summed E-state index contributed by atoms with van der Waals surface area (Å²) in [6.07, 6.45) is 0.724. The van der Waals surface area contributed by atoms with Crippen LogP contribution >= 0.6 is 0 Å². The molecule has 0 aliphatic rings. The molecule has 0 aromatic carbocycles. The molecule has 0 atom stereocenters. The molecule has 0 unspecified atom stereocenters. The lowest BCUT2D eigenvalue weighted by Crippen LogP contribution is -2.18. The number of hydrogen-bond donors (Lipinski definition) is 0. The Morgan fingerprint density at radius 1 is 1.24 bits per heavy atom. The zero-order chi connectivity index (χ0) is 13.3. The molecule has 17 heavy (non-hydrogen) atoms. The maximum atomic E-state index is 11.4. The first kappa shape index (κ1) is 16.5. The van der Waals surface area contributed by atoms with E-state index in [2.05, 4.69) is 0 Å². The standard InChI is InChI=1S/C11H22O5S/c1-10(2)16-9-17(13,14)8-4-6-15-7-5-11(3)12/h10H,4-9H2,1-3H3. The van der Waals surface area contributed by atoms with E-state index < -0.39 is 9.84 Å². The second kappa shape index (κ2) is 8.60. The summed E-state index contributed by atoms with van der Waals surface area (Å²) in [7, 11) is -3.15. The van der Waals surface area contributed by atoms with Crippen molar-refractivity contribution < 1.29 is 22.7 Å². The zero-order valence-electron chi connectivity index (χ0n) is 10.8. The largest absolute Gasteiger partial charge is 0.381 e. The number of carbonyl (C=O) groups is 1. The van der Waals surface area contributed by atoms with Gasteiger partial charge in [0.05, 0.1) is 18.5 Å². The molecule has 0 saturated heterocycles. The molecule has 0 aliphatic heterocycles. The van der Waals surface area contributed by atoms with Crippen LogP contribution in [0, 0.1) is 0 Å². The Morgan fingerprint density at radius 3 is 2.41 bits per heavy atom. The molecule has 0 aromatic rings. The van der Waals surface area contributed by atoms with E-state index in [1.54, 1.807) is 13.8 Å². The van der Waals surface area contributed by atoms with E-state index in [1.165, 1.54) is 6.92 Å². The van der Waals surface area contributed by atoms with E-state index in [0.29, 0.717) is 26.1 Å². The highest BCUT2D eigenvalue weighted by molar-refractivity contribution is 7.91. The van der Waals surface area contributed by atoms with Crippen LogP contribution < -0.4 is 0 Å². The molecular weight excluding hydrogens is 244 g/mol. The second-order valence-corrected chi connectivity index (χ2v) is 6.33. The van der Waals surface area contributed by atoms with Gasteiger partial charge in [-0.25, -0.2) is 8.42 Å². The zero-order valence-corrected chi connectivity index (χ0v) is 11.6. The summed E-state index contributed by atoms with van der Waals surface area (Å²) in [4.78, 5) is 10.6. The molecule has 0 fully saturated rings. The number of hydrogen-bond acceptors (Lipinski definition) is 5. The van der Waals surface area contributed by atoms with Gasteiger partial charge in [0.25, 0.3) is 0 Å². The molecule has 0 amide bonds. The lowest BCUT2D eigenvalue weighted by atomic mass is 10.3. The first-order chi connectivity index (χ1) is 7.83. The Hall–Kier alpha value is -0.460. The summed E-state index contributed by atoms with van der Waals surface area (Å²) in [5.74, 6) is -0.110. The summed E-state index contributed by atoms with van der Waals surface area (Å²) in [5, 5.41) is 0. The summed E-state index contributed by atoms with van der Waals surface area (Å²) < 4.78 is 33.1. The van der Waals surface area contributed by atoms with E-state index in [9.17, 15) is 13.2 Å². The maximum absolute atomic E-state index is 11.4. The Bertz CT molecular complexity index is 308. The fourth-order valence-corrected chi connectivity index (χ4v) is 2.15. The van der Waals surface area contributed by atoms with Crippen molar-refractivity contribution in [2.24, 2.45) is 0 Å². The van der Waals surface area contributed by atoms with Crippen molar-refractivity contribution in [1.29, 1.82) is 0 Å². The topological polar surface area (TPSA) is 69.7 Å². The normalized spacial score (nSPS) is 12.0. The molecule has 102 valence electrons. The number of sulfone groups is 1. The summed E-state index contributed by atoms with van der Waals surface area (Å²) >= 11 is 0. The van der Waals surface area contributed by atoms with Gasteiger partial charge in [0, 0.05) is 13.0 Å². The summed E-state index contributed by atoms with van der Waals surface area (Å²) in [6, 6.07) is 0. The number of ether oxygens (including phenoxy) is 2. The number of rotatable bonds is 10.